The molecule has 29 heavy (non-hydrogen) atoms. The number of ether oxygens (including phenoxy) is 1. The van der Waals surface area contributed by atoms with Crippen molar-refractivity contribution in [2.24, 2.45) is 0 Å². The van der Waals surface area contributed by atoms with Gasteiger partial charge in [0.05, 0.1) is 12.7 Å². The van der Waals surface area contributed by atoms with Crippen molar-refractivity contribution in [1.29, 1.82) is 0 Å². The first-order valence-corrected chi connectivity index (χ1v) is 9.68. The molecule has 0 unspecified atom stereocenters. The van der Waals surface area contributed by atoms with Crippen LogP contribution in [0.2, 0.25) is 0 Å². The molecule has 0 aliphatic carbocycles. The maximum atomic E-state index is 12.3. The summed E-state index contributed by atoms with van der Waals surface area (Å²) < 4.78 is 5.81. The lowest BCUT2D eigenvalue weighted by Crippen LogP contribution is -2.34. The van der Waals surface area contributed by atoms with Crippen molar-refractivity contribution in [2.45, 2.75) is 13.8 Å². The molecule has 0 saturated carbocycles. The number of hydrogen-bond acceptors (Lipinski definition) is 4. The summed E-state index contributed by atoms with van der Waals surface area (Å²) in [6.45, 7) is 3.82. The third-order valence-corrected chi connectivity index (χ3v) is 5.05. The highest BCUT2D eigenvalue weighted by molar-refractivity contribution is 9.10. The summed E-state index contributed by atoms with van der Waals surface area (Å²) in [6.07, 6.45) is 0. The van der Waals surface area contributed by atoms with Crippen molar-refractivity contribution in [2.75, 3.05) is 12.4 Å². The van der Waals surface area contributed by atoms with Crippen LogP contribution in [0.3, 0.4) is 0 Å². The number of halogens is 1. The van der Waals surface area contributed by atoms with Gasteiger partial charge in [-0.15, -0.1) is 0 Å². The number of nitrogens with one attached hydrogen (secondary N) is 2. The first-order valence-electron chi connectivity index (χ1n) is 8.88. The zero-order chi connectivity index (χ0) is 21.0. The van der Waals surface area contributed by atoms with Crippen LogP contribution in [0, 0.1) is 13.8 Å². The van der Waals surface area contributed by atoms with Crippen LogP contribution in [0.15, 0.2) is 59.1 Å². The lowest BCUT2D eigenvalue weighted by Gasteiger charge is -2.13. The number of aromatic nitrogens is 1. The maximum Gasteiger partial charge on any atom is 0.327 e. The SMILES string of the molecule is COc1ccc(-c2c(C)cc(NC(=O)NC(=O)c3ccccc3Br)nc2C)cc1. The second-order valence-corrected chi connectivity index (χ2v) is 7.26. The number of carbonyl (C=O) groups excluding carboxylic acids is 2. The molecular formula is C22H20BrN3O3. The monoisotopic (exact) mass is 453 g/mol. The first-order chi connectivity index (χ1) is 13.9. The van der Waals surface area contributed by atoms with Gasteiger partial charge in [-0.25, -0.2) is 9.78 Å². The molecule has 0 saturated heterocycles. The Hall–Kier alpha value is -3.19. The van der Waals surface area contributed by atoms with E-state index < -0.39 is 11.9 Å². The van der Waals surface area contributed by atoms with Crippen LogP contribution in [0.25, 0.3) is 11.1 Å². The average molecular weight is 454 g/mol. The quantitative estimate of drug-likeness (QED) is 0.575. The van der Waals surface area contributed by atoms with Crippen molar-refractivity contribution in [3.8, 4) is 16.9 Å². The molecule has 0 fully saturated rings. The van der Waals surface area contributed by atoms with E-state index in [0.717, 1.165) is 28.1 Å². The van der Waals surface area contributed by atoms with Crippen molar-refractivity contribution < 1.29 is 14.3 Å². The minimum atomic E-state index is -0.644. The lowest BCUT2D eigenvalue weighted by atomic mass is 9.99. The molecule has 6 nitrogen and oxygen atoms in total. The third-order valence-electron chi connectivity index (χ3n) is 4.36. The molecule has 0 aliphatic heterocycles. The fourth-order valence-corrected chi connectivity index (χ4v) is 3.52. The van der Waals surface area contributed by atoms with E-state index in [-0.39, 0.29) is 0 Å². The molecule has 7 heteroatoms. The summed E-state index contributed by atoms with van der Waals surface area (Å²) in [5, 5.41) is 4.93. The highest BCUT2D eigenvalue weighted by atomic mass is 79.9. The smallest absolute Gasteiger partial charge is 0.327 e. The molecule has 0 atom stereocenters. The number of hydrogen-bond donors (Lipinski definition) is 2. The highest BCUT2D eigenvalue weighted by Gasteiger charge is 2.15. The molecule has 0 bridgehead atoms. The van der Waals surface area contributed by atoms with E-state index in [1.807, 2.05) is 38.1 Å². The van der Waals surface area contributed by atoms with E-state index in [0.29, 0.717) is 15.9 Å². The number of carbonyl (C=O) groups is 2. The van der Waals surface area contributed by atoms with Gasteiger partial charge in [0.1, 0.15) is 11.6 Å². The summed E-state index contributed by atoms with van der Waals surface area (Å²) in [5.74, 6) is 0.648. The van der Waals surface area contributed by atoms with Gasteiger partial charge >= 0.3 is 6.03 Å². The molecule has 0 spiro atoms. The molecule has 2 aromatic carbocycles. The molecule has 148 valence electrons. The van der Waals surface area contributed by atoms with E-state index in [2.05, 4.69) is 31.5 Å². The number of methoxy groups -OCH3 is 1. The Kier molecular flexibility index (Phi) is 6.29. The Morgan fingerprint density at radius 1 is 1.03 bits per heavy atom. The normalized spacial score (nSPS) is 10.3. The van der Waals surface area contributed by atoms with Crippen molar-refractivity contribution in [1.82, 2.24) is 10.3 Å². The number of anilines is 1. The van der Waals surface area contributed by atoms with Crippen LogP contribution >= 0.6 is 15.9 Å². The highest BCUT2D eigenvalue weighted by Crippen LogP contribution is 2.29. The molecule has 3 rings (SSSR count). The Balaban J connectivity index is 1.75. The Morgan fingerprint density at radius 3 is 2.34 bits per heavy atom. The van der Waals surface area contributed by atoms with Crippen LogP contribution in [-0.2, 0) is 0 Å². The number of amides is 3. The summed E-state index contributed by atoms with van der Waals surface area (Å²) >= 11 is 3.30. The van der Waals surface area contributed by atoms with Gasteiger partial charge in [-0.05, 0) is 71.2 Å². The predicted octanol–water partition coefficient (Wildman–Crippen LogP) is 5.10. The standard InChI is InChI=1S/C22H20BrN3O3/c1-13-12-19(24-14(2)20(13)15-8-10-16(29-3)11-9-15)25-22(28)26-21(27)17-6-4-5-7-18(17)23/h4-12H,1-3H3,(H2,24,25,26,27,28). The number of nitrogens with zero attached hydrogens (tertiary/aromatic N) is 1. The van der Waals surface area contributed by atoms with Crippen LogP contribution in [0.4, 0.5) is 10.6 Å². The van der Waals surface area contributed by atoms with Crippen LogP contribution < -0.4 is 15.4 Å². The molecule has 0 radical (unpaired) electrons. The van der Waals surface area contributed by atoms with Crippen molar-refractivity contribution >= 4 is 33.7 Å². The number of rotatable bonds is 4. The summed E-state index contributed by atoms with van der Waals surface area (Å²) in [7, 11) is 1.62. The van der Waals surface area contributed by atoms with Crippen LogP contribution in [-0.4, -0.2) is 24.0 Å². The largest absolute Gasteiger partial charge is 0.497 e. The van der Waals surface area contributed by atoms with Gasteiger partial charge in [0.25, 0.3) is 5.91 Å². The van der Waals surface area contributed by atoms with Crippen molar-refractivity contribution in [3.63, 3.8) is 0 Å². The Morgan fingerprint density at radius 2 is 1.72 bits per heavy atom. The second kappa shape index (κ2) is 8.87. The number of benzene rings is 2. The molecule has 3 aromatic rings. The first kappa shape index (κ1) is 20.5. The fraction of sp³-hybridized carbons (Fsp3) is 0.136. The van der Waals surface area contributed by atoms with Crippen LogP contribution in [0.5, 0.6) is 5.75 Å². The number of imide groups is 1. The summed E-state index contributed by atoms with van der Waals surface area (Å²) in [6, 6.07) is 15.7. The topological polar surface area (TPSA) is 80.3 Å². The number of aryl methyl sites for hydroxylation is 2. The van der Waals surface area contributed by atoms with Gasteiger partial charge in [0, 0.05) is 15.7 Å². The third kappa shape index (κ3) is 4.81. The Labute approximate surface area is 177 Å². The number of urea groups is 1. The van der Waals surface area contributed by atoms with Gasteiger partial charge in [-0.2, -0.15) is 0 Å². The molecule has 3 amide bonds. The molecule has 0 aliphatic rings. The van der Waals surface area contributed by atoms with Gasteiger partial charge in [0.2, 0.25) is 0 Å². The van der Waals surface area contributed by atoms with Gasteiger partial charge in [0.15, 0.2) is 0 Å². The van der Waals surface area contributed by atoms with Gasteiger partial charge in [-0.1, -0.05) is 24.3 Å². The van der Waals surface area contributed by atoms with Gasteiger partial charge < -0.3 is 4.74 Å². The zero-order valence-corrected chi connectivity index (χ0v) is 17.8. The zero-order valence-electron chi connectivity index (χ0n) is 16.2. The van der Waals surface area contributed by atoms with E-state index >= 15 is 0 Å². The average Bonchev–Trinajstić information content (AvgIpc) is 2.68. The molecule has 2 N–H and O–H groups in total. The minimum absolute atomic E-state index is 0.370. The minimum Gasteiger partial charge on any atom is -0.497 e. The maximum absolute atomic E-state index is 12.3. The van der Waals surface area contributed by atoms with Crippen molar-refractivity contribution in [3.05, 3.63) is 75.9 Å². The molecule has 1 aromatic heterocycles. The van der Waals surface area contributed by atoms with E-state index in [1.165, 1.54) is 0 Å². The summed E-state index contributed by atoms with van der Waals surface area (Å²) in [4.78, 5) is 29.0. The number of pyridine rings is 1. The van der Waals surface area contributed by atoms with E-state index in [1.54, 1.807) is 37.4 Å². The molecule has 1 heterocycles. The fourth-order valence-electron chi connectivity index (χ4n) is 3.05. The van der Waals surface area contributed by atoms with Gasteiger partial charge in [-0.3, -0.25) is 15.4 Å². The van der Waals surface area contributed by atoms with E-state index in [9.17, 15) is 9.59 Å². The van der Waals surface area contributed by atoms with E-state index in [4.69, 9.17) is 4.74 Å². The molecular weight excluding hydrogens is 434 g/mol. The Bertz CT molecular complexity index is 1040. The lowest BCUT2D eigenvalue weighted by molar-refractivity contribution is 0.0966. The van der Waals surface area contributed by atoms with Crippen LogP contribution in [0.1, 0.15) is 21.6 Å². The summed E-state index contributed by atoms with van der Waals surface area (Å²) in [5.41, 5.74) is 4.09. The predicted molar refractivity (Wildman–Crippen MR) is 116 cm³/mol. The second-order valence-electron chi connectivity index (χ2n) is 6.40.